The van der Waals surface area contributed by atoms with E-state index in [1.54, 1.807) is 18.2 Å². The molecule has 1 aromatic carbocycles. The highest BCUT2D eigenvalue weighted by molar-refractivity contribution is 7.80. The number of thiocarbonyl (C=S) groups is 1. The van der Waals surface area contributed by atoms with Crippen LogP contribution in [0.15, 0.2) is 30.0 Å². The van der Waals surface area contributed by atoms with Gasteiger partial charge in [-0.1, -0.05) is 25.5 Å². The third-order valence-corrected chi connectivity index (χ3v) is 3.44. The molecule has 1 heterocycles. The minimum absolute atomic E-state index is 0.0722. The molecular formula is C15H16F2N2O2S. The van der Waals surface area contributed by atoms with Crippen LogP contribution in [0.3, 0.4) is 0 Å². The first-order valence-corrected chi connectivity index (χ1v) is 7.31. The Hall–Kier alpha value is -2.02. The lowest BCUT2D eigenvalue weighted by atomic mass is 10.2. The Kier molecular flexibility index (Phi) is 5.43. The second-order valence-corrected chi connectivity index (χ2v) is 5.13. The summed E-state index contributed by atoms with van der Waals surface area (Å²) >= 11 is 5.14. The van der Waals surface area contributed by atoms with Gasteiger partial charge in [0.25, 0.3) is 5.91 Å². The number of carbonyl (C=O) groups excluding carboxylic acids is 1. The predicted molar refractivity (Wildman–Crippen MR) is 83.4 cm³/mol. The Balaban J connectivity index is 2.09. The van der Waals surface area contributed by atoms with Crippen molar-refractivity contribution in [3.63, 3.8) is 0 Å². The van der Waals surface area contributed by atoms with E-state index in [1.165, 1.54) is 17.0 Å². The maximum atomic E-state index is 12.2. The van der Waals surface area contributed by atoms with Crippen molar-refractivity contribution in [3.8, 4) is 5.75 Å². The lowest BCUT2D eigenvalue weighted by Crippen LogP contribution is -2.31. The van der Waals surface area contributed by atoms with Crippen LogP contribution in [0.2, 0.25) is 0 Å². The van der Waals surface area contributed by atoms with Crippen LogP contribution in [0.4, 0.5) is 8.78 Å². The maximum absolute atomic E-state index is 12.2. The van der Waals surface area contributed by atoms with Crippen molar-refractivity contribution in [3.05, 3.63) is 35.5 Å². The summed E-state index contributed by atoms with van der Waals surface area (Å²) in [7, 11) is 0. The van der Waals surface area contributed by atoms with Crippen LogP contribution >= 0.6 is 12.2 Å². The summed E-state index contributed by atoms with van der Waals surface area (Å²) in [5, 5.41) is 3.27. The molecule has 7 heteroatoms. The summed E-state index contributed by atoms with van der Waals surface area (Å²) in [6, 6.07) is 6.03. The van der Waals surface area contributed by atoms with Crippen molar-refractivity contribution in [1.29, 1.82) is 0 Å². The molecule has 1 aliphatic heterocycles. The lowest BCUT2D eigenvalue weighted by molar-refractivity contribution is -0.122. The van der Waals surface area contributed by atoms with Crippen molar-refractivity contribution in [2.45, 2.75) is 26.4 Å². The van der Waals surface area contributed by atoms with E-state index in [9.17, 15) is 13.6 Å². The van der Waals surface area contributed by atoms with Crippen LogP contribution in [0.1, 0.15) is 25.3 Å². The van der Waals surface area contributed by atoms with Gasteiger partial charge < -0.3 is 10.1 Å². The van der Waals surface area contributed by atoms with Crippen LogP contribution in [-0.2, 0) is 4.79 Å². The van der Waals surface area contributed by atoms with Crippen molar-refractivity contribution in [1.82, 2.24) is 10.2 Å². The molecule has 4 nitrogen and oxygen atoms in total. The fourth-order valence-corrected chi connectivity index (χ4v) is 2.29. The molecule has 1 saturated heterocycles. The number of alkyl halides is 2. The topological polar surface area (TPSA) is 41.6 Å². The van der Waals surface area contributed by atoms with Crippen LogP contribution < -0.4 is 10.1 Å². The highest BCUT2D eigenvalue weighted by Gasteiger charge is 2.29. The van der Waals surface area contributed by atoms with Crippen molar-refractivity contribution in [2.75, 3.05) is 6.54 Å². The Morgan fingerprint density at radius 1 is 1.36 bits per heavy atom. The van der Waals surface area contributed by atoms with E-state index in [1.807, 2.05) is 6.92 Å². The van der Waals surface area contributed by atoms with E-state index in [2.05, 4.69) is 10.1 Å². The SMILES string of the molecule is CCCCN1C(=O)/C(=C\c2ccc(OC(F)F)cc2)NC1=S. The van der Waals surface area contributed by atoms with Gasteiger partial charge in [0.2, 0.25) is 0 Å². The number of hydrogen-bond acceptors (Lipinski definition) is 3. The Morgan fingerprint density at radius 2 is 2.05 bits per heavy atom. The van der Waals surface area contributed by atoms with E-state index in [0.717, 1.165) is 12.8 Å². The monoisotopic (exact) mass is 326 g/mol. The fourth-order valence-electron chi connectivity index (χ4n) is 2.00. The number of hydrogen-bond donors (Lipinski definition) is 1. The first kappa shape index (κ1) is 16.4. The number of unbranched alkanes of at least 4 members (excludes halogenated alkanes) is 1. The maximum Gasteiger partial charge on any atom is 0.387 e. The number of halogens is 2. The van der Waals surface area contributed by atoms with E-state index >= 15 is 0 Å². The van der Waals surface area contributed by atoms with Gasteiger partial charge in [-0.3, -0.25) is 9.69 Å². The number of rotatable bonds is 6. The molecule has 0 radical (unpaired) electrons. The van der Waals surface area contributed by atoms with Gasteiger partial charge >= 0.3 is 6.61 Å². The van der Waals surface area contributed by atoms with Crippen LogP contribution in [-0.4, -0.2) is 29.1 Å². The number of nitrogens with zero attached hydrogens (tertiary/aromatic N) is 1. The molecule has 118 valence electrons. The zero-order valence-electron chi connectivity index (χ0n) is 12.0. The second kappa shape index (κ2) is 7.31. The molecule has 1 amide bonds. The lowest BCUT2D eigenvalue weighted by Gasteiger charge is -2.12. The Bertz CT molecular complexity index is 588. The molecule has 2 rings (SSSR count). The largest absolute Gasteiger partial charge is 0.435 e. The first-order chi connectivity index (χ1) is 10.5. The summed E-state index contributed by atoms with van der Waals surface area (Å²) in [6.45, 7) is -0.233. The average Bonchev–Trinajstić information content (AvgIpc) is 2.73. The quantitative estimate of drug-likeness (QED) is 0.644. The molecule has 0 bridgehead atoms. The fraction of sp³-hybridized carbons (Fsp3) is 0.333. The summed E-state index contributed by atoms with van der Waals surface area (Å²) in [5.41, 5.74) is 1.07. The van der Waals surface area contributed by atoms with Gasteiger partial charge in [-0.2, -0.15) is 8.78 Å². The van der Waals surface area contributed by atoms with Crippen LogP contribution in [0, 0.1) is 0 Å². The zero-order valence-corrected chi connectivity index (χ0v) is 12.8. The number of amides is 1. The molecule has 0 saturated carbocycles. The molecule has 0 unspecified atom stereocenters. The minimum Gasteiger partial charge on any atom is -0.435 e. The van der Waals surface area contributed by atoms with Gasteiger partial charge in [-0.05, 0) is 42.4 Å². The molecule has 1 fully saturated rings. The summed E-state index contributed by atoms with van der Waals surface area (Å²) in [6.07, 6.45) is 3.48. The highest BCUT2D eigenvalue weighted by Crippen LogP contribution is 2.18. The third kappa shape index (κ3) is 4.00. The molecule has 1 aliphatic rings. The molecule has 0 aromatic heterocycles. The normalized spacial score (nSPS) is 16.5. The van der Waals surface area contributed by atoms with Gasteiger partial charge in [0.05, 0.1) is 0 Å². The number of ether oxygens (including phenoxy) is 1. The average molecular weight is 326 g/mol. The van der Waals surface area contributed by atoms with Gasteiger partial charge in [-0.25, -0.2) is 0 Å². The van der Waals surface area contributed by atoms with Crippen LogP contribution in [0.25, 0.3) is 6.08 Å². The van der Waals surface area contributed by atoms with E-state index < -0.39 is 6.61 Å². The second-order valence-electron chi connectivity index (χ2n) is 4.75. The first-order valence-electron chi connectivity index (χ1n) is 6.90. The minimum atomic E-state index is -2.85. The number of benzene rings is 1. The molecule has 0 aliphatic carbocycles. The summed E-state index contributed by atoms with van der Waals surface area (Å²) in [5.74, 6) is -0.102. The standard InChI is InChI=1S/C15H16F2N2O2S/c1-2-3-8-19-13(20)12(18-15(19)22)9-10-4-6-11(7-5-10)21-14(16)17/h4-7,9,14H,2-3,8H2,1H3,(H,18,22)/b12-9+. The molecule has 22 heavy (non-hydrogen) atoms. The van der Waals surface area contributed by atoms with Gasteiger partial charge in [0.15, 0.2) is 5.11 Å². The number of nitrogens with one attached hydrogen (secondary N) is 1. The molecular weight excluding hydrogens is 310 g/mol. The smallest absolute Gasteiger partial charge is 0.387 e. The predicted octanol–water partition coefficient (Wildman–Crippen LogP) is 3.15. The Labute approximate surface area is 132 Å². The molecule has 1 aromatic rings. The van der Waals surface area contributed by atoms with Gasteiger partial charge in [-0.15, -0.1) is 0 Å². The summed E-state index contributed by atoms with van der Waals surface area (Å²) in [4.78, 5) is 13.7. The number of carbonyl (C=O) groups is 1. The van der Waals surface area contributed by atoms with E-state index in [-0.39, 0.29) is 11.7 Å². The Morgan fingerprint density at radius 3 is 2.64 bits per heavy atom. The molecule has 0 atom stereocenters. The van der Waals surface area contributed by atoms with Crippen molar-refractivity contribution in [2.24, 2.45) is 0 Å². The van der Waals surface area contributed by atoms with E-state index in [0.29, 0.717) is 22.9 Å². The third-order valence-electron chi connectivity index (χ3n) is 3.11. The van der Waals surface area contributed by atoms with Crippen LogP contribution in [0.5, 0.6) is 5.75 Å². The van der Waals surface area contributed by atoms with E-state index in [4.69, 9.17) is 12.2 Å². The van der Waals surface area contributed by atoms with Crippen molar-refractivity contribution >= 4 is 29.3 Å². The summed E-state index contributed by atoms with van der Waals surface area (Å²) < 4.78 is 28.4. The van der Waals surface area contributed by atoms with Gasteiger partial charge in [0.1, 0.15) is 11.4 Å². The van der Waals surface area contributed by atoms with Crippen molar-refractivity contribution < 1.29 is 18.3 Å². The van der Waals surface area contributed by atoms with Gasteiger partial charge in [0, 0.05) is 6.54 Å². The molecule has 1 N–H and O–H groups in total. The molecule has 0 spiro atoms. The zero-order chi connectivity index (χ0) is 16.1. The highest BCUT2D eigenvalue weighted by atomic mass is 32.1.